The Kier molecular flexibility index (Phi) is 8.86. The van der Waals surface area contributed by atoms with Gasteiger partial charge in [0.25, 0.3) is 0 Å². The van der Waals surface area contributed by atoms with Crippen LogP contribution in [0, 0.1) is 21.7 Å². The van der Waals surface area contributed by atoms with Crippen molar-refractivity contribution in [3.05, 3.63) is 0 Å². The molecule has 0 aliphatic carbocycles. The highest BCUT2D eigenvalue weighted by Crippen LogP contribution is 2.36. The summed E-state index contributed by atoms with van der Waals surface area (Å²) < 4.78 is 0. The van der Waals surface area contributed by atoms with Gasteiger partial charge in [0.1, 0.15) is 0 Å². The molecule has 0 amide bonds. The maximum absolute atomic E-state index is 9.42. The number of hydrogen-bond acceptors (Lipinski definition) is 4. The van der Waals surface area contributed by atoms with E-state index in [9.17, 15) is 10.4 Å². The molecule has 0 aliphatic rings. The van der Waals surface area contributed by atoms with Crippen LogP contribution >= 0.6 is 0 Å². The van der Waals surface area contributed by atoms with E-state index in [1.54, 1.807) is 0 Å². The second-order valence-corrected chi connectivity index (χ2v) is 11.1. The van der Waals surface area contributed by atoms with Crippen LogP contribution in [-0.4, -0.2) is 21.8 Å². The molecule has 26 heavy (non-hydrogen) atoms. The zero-order valence-electron chi connectivity index (χ0n) is 19.0. The summed E-state index contributed by atoms with van der Waals surface area (Å²) >= 11 is 0. The summed E-state index contributed by atoms with van der Waals surface area (Å²) in [6.07, 6.45) is 6.65. The van der Waals surface area contributed by atoms with Crippen LogP contribution in [0.25, 0.3) is 0 Å². The van der Waals surface area contributed by atoms with Crippen molar-refractivity contribution in [2.45, 2.75) is 108 Å². The van der Waals surface area contributed by atoms with Crippen LogP contribution in [-0.2, 0) is 0 Å². The molecule has 4 heteroatoms. The van der Waals surface area contributed by atoms with Crippen molar-refractivity contribution in [2.24, 2.45) is 32.0 Å². The van der Waals surface area contributed by atoms with Crippen LogP contribution in [0.3, 0.4) is 0 Å². The third-order valence-electron chi connectivity index (χ3n) is 5.26. The van der Waals surface area contributed by atoms with Crippen molar-refractivity contribution in [2.75, 3.05) is 0 Å². The summed E-state index contributed by atoms with van der Waals surface area (Å²) in [6, 6.07) is 0. The van der Waals surface area contributed by atoms with E-state index < -0.39 is 0 Å². The Morgan fingerprint density at radius 3 is 1.00 bits per heavy atom. The maximum atomic E-state index is 9.42. The predicted molar refractivity (Wildman–Crippen MR) is 113 cm³/mol. The summed E-state index contributed by atoms with van der Waals surface area (Å²) in [5.74, 6) is 0. The summed E-state index contributed by atoms with van der Waals surface area (Å²) in [7, 11) is 0. The van der Waals surface area contributed by atoms with Crippen LogP contribution in [0.2, 0.25) is 0 Å². The number of oxime groups is 2. The second-order valence-electron chi connectivity index (χ2n) is 11.1. The van der Waals surface area contributed by atoms with Gasteiger partial charge in [-0.15, -0.1) is 0 Å². The molecule has 0 saturated carbocycles. The van der Waals surface area contributed by atoms with Gasteiger partial charge in [-0.2, -0.15) is 0 Å². The Hall–Kier alpha value is -1.06. The van der Waals surface area contributed by atoms with E-state index >= 15 is 0 Å². The first-order chi connectivity index (χ1) is 11.6. The number of unbranched alkanes of at least 4 members (excludes halogenated alkanes) is 3. The molecular weight excluding hydrogens is 324 g/mol. The lowest BCUT2D eigenvalue weighted by Gasteiger charge is -2.34. The molecule has 0 spiro atoms. The smallest absolute Gasteiger partial charge is 0.0680 e. The van der Waals surface area contributed by atoms with Gasteiger partial charge in [-0.25, -0.2) is 0 Å². The summed E-state index contributed by atoms with van der Waals surface area (Å²) in [5.41, 5.74) is 1.34. The SMILES string of the molecule is CC(C)(C)C(=NO)C(C)(C)CCCCCCC(C)(C)C(=NO)C(C)(C)C. The lowest BCUT2D eigenvalue weighted by molar-refractivity contribution is 0.285. The Morgan fingerprint density at radius 2 is 0.808 bits per heavy atom. The van der Waals surface area contributed by atoms with Crippen molar-refractivity contribution in [1.29, 1.82) is 0 Å². The molecule has 2 N–H and O–H groups in total. The second kappa shape index (κ2) is 9.23. The van der Waals surface area contributed by atoms with E-state index in [1.165, 1.54) is 12.8 Å². The lowest BCUT2D eigenvalue weighted by atomic mass is 9.71. The summed E-state index contributed by atoms with van der Waals surface area (Å²) in [4.78, 5) is 0. The first-order valence-corrected chi connectivity index (χ1v) is 10.1. The molecule has 0 aromatic rings. The summed E-state index contributed by atoms with van der Waals surface area (Å²) in [5, 5.41) is 26.1. The predicted octanol–water partition coefficient (Wildman–Crippen LogP) is 7.13. The highest BCUT2D eigenvalue weighted by molar-refractivity contribution is 5.94. The van der Waals surface area contributed by atoms with Crippen molar-refractivity contribution in [3.8, 4) is 0 Å². The minimum Gasteiger partial charge on any atom is -0.411 e. The van der Waals surface area contributed by atoms with E-state index in [2.05, 4.69) is 79.5 Å². The molecule has 4 nitrogen and oxygen atoms in total. The molecule has 154 valence electrons. The van der Waals surface area contributed by atoms with Gasteiger partial charge in [0.2, 0.25) is 0 Å². The van der Waals surface area contributed by atoms with Crippen molar-refractivity contribution >= 4 is 11.4 Å². The minimum absolute atomic E-state index is 0.0881. The first-order valence-electron chi connectivity index (χ1n) is 10.1. The molecule has 0 rings (SSSR count). The Morgan fingerprint density at radius 1 is 0.538 bits per heavy atom. The van der Waals surface area contributed by atoms with Crippen molar-refractivity contribution in [3.63, 3.8) is 0 Å². The lowest BCUT2D eigenvalue weighted by Crippen LogP contribution is -2.35. The van der Waals surface area contributed by atoms with Crippen LogP contribution in [0.4, 0.5) is 0 Å². The van der Waals surface area contributed by atoms with Gasteiger partial charge in [-0.3, -0.25) is 0 Å². The molecule has 0 fully saturated rings. The average molecular weight is 369 g/mol. The highest BCUT2D eigenvalue weighted by atomic mass is 16.4. The largest absolute Gasteiger partial charge is 0.411 e. The Labute approximate surface area is 162 Å². The summed E-state index contributed by atoms with van der Waals surface area (Å²) in [6.45, 7) is 21.3. The standard InChI is InChI=1S/C22H44N2O2/c1-19(2,3)17(23-25)21(7,8)15-13-11-12-14-16-22(9,10)18(24-26)20(4,5)6/h25-26H,11-16H2,1-10H3. The van der Waals surface area contributed by atoms with E-state index in [0.29, 0.717) is 0 Å². The first kappa shape index (κ1) is 24.9. The fourth-order valence-corrected chi connectivity index (χ4v) is 4.33. The maximum Gasteiger partial charge on any atom is 0.0680 e. The molecule has 0 aromatic heterocycles. The molecule has 0 saturated heterocycles. The van der Waals surface area contributed by atoms with Gasteiger partial charge >= 0.3 is 0 Å². The van der Waals surface area contributed by atoms with Gasteiger partial charge in [0.05, 0.1) is 11.4 Å². The van der Waals surface area contributed by atoms with Crippen molar-refractivity contribution in [1.82, 2.24) is 0 Å². The van der Waals surface area contributed by atoms with Gasteiger partial charge in [0, 0.05) is 21.7 Å². The van der Waals surface area contributed by atoms with Gasteiger partial charge in [-0.1, -0.05) is 105 Å². The topological polar surface area (TPSA) is 65.2 Å². The zero-order valence-corrected chi connectivity index (χ0v) is 19.0. The van der Waals surface area contributed by atoms with Gasteiger partial charge < -0.3 is 10.4 Å². The van der Waals surface area contributed by atoms with E-state index in [4.69, 9.17) is 0 Å². The van der Waals surface area contributed by atoms with E-state index in [0.717, 1.165) is 37.1 Å². The van der Waals surface area contributed by atoms with Crippen LogP contribution in [0.5, 0.6) is 0 Å². The quantitative estimate of drug-likeness (QED) is 0.197. The molecule has 0 aliphatic heterocycles. The van der Waals surface area contributed by atoms with Crippen LogP contribution < -0.4 is 0 Å². The monoisotopic (exact) mass is 368 g/mol. The molecular formula is C22H44N2O2. The fraction of sp³-hybridized carbons (Fsp3) is 0.909. The number of rotatable bonds is 9. The molecule has 0 unspecified atom stereocenters. The Balaban J connectivity index is 4.45. The average Bonchev–Trinajstić information content (AvgIpc) is 2.39. The molecule has 0 radical (unpaired) electrons. The van der Waals surface area contributed by atoms with Gasteiger partial charge in [-0.05, 0) is 12.8 Å². The molecule has 0 atom stereocenters. The normalized spacial score (nSPS) is 15.5. The number of hydrogen-bond donors (Lipinski definition) is 2. The number of nitrogens with zero attached hydrogens (tertiary/aromatic N) is 2. The van der Waals surface area contributed by atoms with E-state index in [-0.39, 0.29) is 21.7 Å². The van der Waals surface area contributed by atoms with E-state index in [1.807, 2.05) is 0 Å². The third-order valence-corrected chi connectivity index (χ3v) is 5.26. The minimum atomic E-state index is -0.116. The highest BCUT2D eigenvalue weighted by Gasteiger charge is 2.35. The fourth-order valence-electron chi connectivity index (χ4n) is 4.33. The Bertz CT molecular complexity index is 443. The van der Waals surface area contributed by atoms with Crippen molar-refractivity contribution < 1.29 is 10.4 Å². The van der Waals surface area contributed by atoms with Crippen LogP contribution in [0.1, 0.15) is 108 Å². The van der Waals surface area contributed by atoms with Crippen LogP contribution in [0.15, 0.2) is 10.3 Å². The molecule has 0 heterocycles. The van der Waals surface area contributed by atoms with Gasteiger partial charge in [0.15, 0.2) is 0 Å². The molecule has 0 bridgehead atoms. The third kappa shape index (κ3) is 7.67. The zero-order chi connectivity index (χ0) is 20.8. The molecule has 0 aromatic carbocycles.